The number of rotatable bonds is 10. The summed E-state index contributed by atoms with van der Waals surface area (Å²) in [6.45, 7) is 0. The maximum atomic E-state index is 6.99. The van der Waals surface area contributed by atoms with E-state index in [0.717, 1.165) is 170 Å². The quantitative estimate of drug-likeness (QED) is 0.128. The molecule has 0 spiro atoms. The van der Waals surface area contributed by atoms with Crippen LogP contribution < -0.4 is 0 Å². The first kappa shape index (κ1) is 57.0. The molecule has 13 aromatic carbocycles. The third-order valence-corrected chi connectivity index (χ3v) is 19.8. The maximum Gasteiger partial charge on any atom is 0.228 e. The van der Waals surface area contributed by atoms with Gasteiger partial charge in [0.2, 0.25) is 11.4 Å². The number of aromatic nitrogens is 8. The molecule has 0 atom stereocenters. The Morgan fingerprint density at radius 1 is 0.186 bits per heavy atom. The van der Waals surface area contributed by atoms with Gasteiger partial charge in [0, 0.05) is 83.7 Å². The van der Waals surface area contributed by atoms with Crippen molar-refractivity contribution in [1.29, 1.82) is 0 Å². The molecule has 0 saturated heterocycles. The van der Waals surface area contributed by atoms with Crippen LogP contribution in [0.4, 0.5) is 0 Å². The fraction of sp³-hybridized carbons (Fsp3) is 0. The molecule has 21 aromatic rings. The van der Waals surface area contributed by atoms with Crippen molar-refractivity contribution in [2.24, 2.45) is 0 Å². The lowest BCUT2D eigenvalue weighted by molar-refractivity contribution is 0.653. The average molecular weight is 1310 g/mol. The van der Waals surface area contributed by atoms with Gasteiger partial charge in [-0.3, -0.25) is 0 Å². The highest BCUT2D eigenvalue weighted by Crippen LogP contribution is 2.48. The van der Waals surface area contributed by atoms with Crippen molar-refractivity contribution in [3.8, 4) is 113 Å². The molecule has 0 fully saturated rings. The number of fused-ring (bicyclic) bond motifs is 14. The smallest absolute Gasteiger partial charge is 0.228 e. The van der Waals surface area contributed by atoms with Gasteiger partial charge in [0.25, 0.3) is 0 Å². The number of benzene rings is 13. The largest absolute Gasteiger partial charge is 0.456 e. The molecule has 0 aliphatic carbocycles. The van der Waals surface area contributed by atoms with Crippen molar-refractivity contribution < 1.29 is 17.7 Å². The molecule has 0 aliphatic rings. The highest BCUT2D eigenvalue weighted by molar-refractivity contribution is 6.21. The topological polar surface area (TPSA) is 156 Å². The van der Waals surface area contributed by atoms with Crippen molar-refractivity contribution in [3.05, 3.63) is 304 Å². The van der Waals surface area contributed by atoms with Crippen LogP contribution in [0.3, 0.4) is 0 Å². The molecule has 0 aliphatic heterocycles. The first-order valence-corrected chi connectivity index (χ1v) is 33.8. The zero-order chi connectivity index (χ0) is 66.9. The van der Waals surface area contributed by atoms with E-state index in [9.17, 15) is 0 Å². The van der Waals surface area contributed by atoms with Crippen LogP contribution >= 0.6 is 0 Å². The molecule has 8 aromatic heterocycles. The Hall–Kier alpha value is -14.1. The zero-order valence-corrected chi connectivity index (χ0v) is 54.1. The molecule has 0 saturated carbocycles. The van der Waals surface area contributed by atoms with Crippen molar-refractivity contribution in [2.45, 2.75) is 0 Å². The van der Waals surface area contributed by atoms with E-state index < -0.39 is 0 Å². The Kier molecular flexibility index (Phi) is 12.7. The van der Waals surface area contributed by atoms with Crippen LogP contribution in [-0.4, -0.2) is 39.9 Å². The predicted octanol–water partition coefficient (Wildman–Crippen LogP) is 23.4. The molecule has 21 rings (SSSR count). The summed E-state index contributed by atoms with van der Waals surface area (Å²) >= 11 is 0. The van der Waals surface area contributed by atoms with Crippen LogP contribution in [0.5, 0.6) is 0 Å². The van der Waals surface area contributed by atoms with Gasteiger partial charge < -0.3 is 17.7 Å². The van der Waals surface area contributed by atoms with E-state index in [1.165, 1.54) is 0 Å². The third-order valence-electron chi connectivity index (χ3n) is 19.8. The first-order valence-electron chi connectivity index (χ1n) is 33.8. The van der Waals surface area contributed by atoms with E-state index in [-0.39, 0.29) is 0 Å². The van der Waals surface area contributed by atoms with E-state index in [1.807, 2.05) is 127 Å². The Bertz CT molecular complexity index is 7020. The number of para-hydroxylation sites is 3. The summed E-state index contributed by atoms with van der Waals surface area (Å²) < 4.78 is 26.3. The number of hydrogen-bond acceptors (Lipinski definition) is 12. The average Bonchev–Trinajstić information content (AvgIpc) is 1.52. The van der Waals surface area contributed by atoms with Crippen LogP contribution in [0, 0.1) is 0 Å². The molecule has 0 N–H and O–H groups in total. The van der Waals surface area contributed by atoms with Crippen molar-refractivity contribution in [1.82, 2.24) is 39.9 Å². The minimum Gasteiger partial charge on any atom is -0.456 e. The summed E-state index contributed by atoms with van der Waals surface area (Å²) in [5, 5.41) is 12.0. The van der Waals surface area contributed by atoms with Gasteiger partial charge in [-0.1, -0.05) is 237 Å². The summed E-state index contributed by atoms with van der Waals surface area (Å²) in [4.78, 5) is 40.8. The minimum absolute atomic E-state index is 0.464. The monoisotopic (exact) mass is 1310 g/mol. The number of furan rings is 4. The fourth-order valence-corrected chi connectivity index (χ4v) is 15.2. The molecular weight excluding hydrogens is 1260 g/mol. The molecule has 0 bridgehead atoms. The molecule has 102 heavy (non-hydrogen) atoms. The molecule has 0 amide bonds. The van der Waals surface area contributed by atoms with E-state index >= 15 is 0 Å². The summed E-state index contributed by atoms with van der Waals surface area (Å²) in [6, 6.07) is 99.9. The van der Waals surface area contributed by atoms with Crippen molar-refractivity contribution in [2.75, 3.05) is 0 Å². The van der Waals surface area contributed by atoms with E-state index in [0.29, 0.717) is 52.0 Å². The Balaban J connectivity index is 0.653. The molecular formula is C90H50N8O4. The molecule has 474 valence electrons. The number of nitrogens with zero attached hydrogens (tertiary/aromatic N) is 8. The summed E-state index contributed by atoms with van der Waals surface area (Å²) in [5.41, 5.74) is 19.0. The Morgan fingerprint density at radius 3 is 1.19 bits per heavy atom. The van der Waals surface area contributed by atoms with Gasteiger partial charge in [-0.05, 0) is 115 Å². The lowest BCUT2D eigenvalue weighted by atomic mass is 9.90. The Morgan fingerprint density at radius 2 is 0.569 bits per heavy atom. The zero-order valence-electron chi connectivity index (χ0n) is 54.1. The van der Waals surface area contributed by atoms with E-state index in [1.54, 1.807) is 12.4 Å². The van der Waals surface area contributed by atoms with Crippen molar-refractivity contribution in [3.63, 3.8) is 0 Å². The lowest BCUT2D eigenvalue weighted by Gasteiger charge is -2.14. The highest BCUT2D eigenvalue weighted by Gasteiger charge is 2.25. The van der Waals surface area contributed by atoms with Crippen LogP contribution in [0.2, 0.25) is 0 Å². The van der Waals surface area contributed by atoms with E-state index in [2.05, 4.69) is 169 Å². The Labute approximate surface area is 580 Å². The van der Waals surface area contributed by atoms with Gasteiger partial charge in [-0.2, -0.15) is 0 Å². The van der Waals surface area contributed by atoms with Crippen LogP contribution in [-0.2, 0) is 0 Å². The highest BCUT2D eigenvalue weighted by atomic mass is 16.3. The SMILES string of the molecule is c1ccc(-c2nc(-c3ccc(-c4cccc5c(-c6cccc7oc8ccccc8c67)cccc45)cc3)nc(-c3ccnc4oc5cc(-c6ccc(-c7cccc8c(-c9nc(-c%10ccccc%10)nc(-c%10ccnc%11oc%12ccccc%12c%10%11)n9)cccc78)c7c6oc6ccccc67)ccc5c34)n2)cc1. The minimum atomic E-state index is 0.464. The summed E-state index contributed by atoms with van der Waals surface area (Å²) in [5.74, 6) is 3.18. The van der Waals surface area contributed by atoms with Crippen molar-refractivity contribution >= 4 is 110 Å². The molecule has 8 heterocycles. The van der Waals surface area contributed by atoms with Crippen LogP contribution in [0.25, 0.3) is 222 Å². The third kappa shape index (κ3) is 9.10. The molecule has 0 radical (unpaired) electrons. The molecule has 12 nitrogen and oxygen atoms in total. The summed E-state index contributed by atoms with van der Waals surface area (Å²) in [7, 11) is 0. The van der Waals surface area contributed by atoms with Gasteiger partial charge in [-0.25, -0.2) is 39.9 Å². The van der Waals surface area contributed by atoms with Gasteiger partial charge in [0.1, 0.15) is 33.5 Å². The standard InChI is InChI=1S/C90H50N8O4/c1-3-18-52(19-4-1)83-93-85(54-40-38-51(39-41-54)56-25-13-27-59-58(56)26-14-29-61(59)64-32-17-37-76-78(64)67-22-7-10-34-73(67)99-76)97-87(95-83)72-47-49-92-90-81(72)70-43-42-55(50-77(70)102-90)57-44-45-65(79-68-23-8-11-35-74(68)100-82(57)79)62-30-15-31-63-60(62)28-16-33-66(63)86-94-84(53-20-5-2-6-21-53)96-88(98-86)71-46-48-91-89-80(71)69-24-9-12-36-75(69)101-89/h1-50H. The van der Waals surface area contributed by atoms with Gasteiger partial charge in [-0.15, -0.1) is 0 Å². The van der Waals surface area contributed by atoms with Crippen LogP contribution in [0.15, 0.2) is 321 Å². The van der Waals surface area contributed by atoms with E-state index in [4.69, 9.17) is 52.6 Å². The molecule has 0 unspecified atom stereocenters. The normalized spacial score (nSPS) is 11.9. The second-order valence-electron chi connectivity index (χ2n) is 25.6. The second kappa shape index (κ2) is 22.7. The lowest BCUT2D eigenvalue weighted by Crippen LogP contribution is -2.01. The fourth-order valence-electron chi connectivity index (χ4n) is 15.2. The number of hydrogen-bond donors (Lipinski definition) is 0. The first-order chi connectivity index (χ1) is 50.5. The molecule has 12 heteroatoms. The van der Waals surface area contributed by atoms with Gasteiger partial charge in [0.15, 0.2) is 34.9 Å². The van der Waals surface area contributed by atoms with Gasteiger partial charge in [0.05, 0.1) is 10.8 Å². The maximum absolute atomic E-state index is 6.99. The predicted molar refractivity (Wildman–Crippen MR) is 407 cm³/mol. The van der Waals surface area contributed by atoms with Gasteiger partial charge >= 0.3 is 0 Å². The second-order valence-corrected chi connectivity index (χ2v) is 25.6. The summed E-state index contributed by atoms with van der Waals surface area (Å²) in [6.07, 6.45) is 3.50. The number of pyridine rings is 2. The van der Waals surface area contributed by atoms with Crippen LogP contribution in [0.1, 0.15) is 0 Å².